The number of hydrogen-bond donors (Lipinski definition) is 3. The molecule has 9 nitrogen and oxygen atoms in total. The number of benzene rings is 2. The van der Waals surface area contributed by atoms with Crippen molar-refractivity contribution in [3.8, 4) is 17.3 Å². The molecule has 0 radical (unpaired) electrons. The van der Waals surface area contributed by atoms with E-state index in [2.05, 4.69) is 25.3 Å². The molecule has 3 aromatic heterocycles. The number of anilines is 1. The Hall–Kier alpha value is -3.98. The predicted molar refractivity (Wildman–Crippen MR) is 127 cm³/mol. The quantitative estimate of drug-likeness (QED) is 0.375. The van der Waals surface area contributed by atoms with Gasteiger partial charge in [0, 0.05) is 18.2 Å². The zero-order valence-electron chi connectivity index (χ0n) is 18.0. The molecule has 0 unspecified atom stereocenters. The van der Waals surface area contributed by atoms with Crippen LogP contribution in [0.2, 0.25) is 0 Å². The zero-order valence-corrected chi connectivity index (χ0v) is 18.0. The highest BCUT2D eigenvalue weighted by Gasteiger charge is 2.21. The molecule has 2 aromatic carbocycles. The van der Waals surface area contributed by atoms with Gasteiger partial charge < -0.3 is 20.8 Å². The molecule has 1 aliphatic rings. The fraction of sp³-hybridized carbons (Fsp3) is 0.250. The van der Waals surface area contributed by atoms with Gasteiger partial charge in [0.15, 0.2) is 11.5 Å². The summed E-state index contributed by atoms with van der Waals surface area (Å²) in [6.07, 6.45) is 7.43. The number of nitrogens with two attached hydrogens (primary N) is 1. The van der Waals surface area contributed by atoms with Crippen LogP contribution in [0.4, 0.5) is 5.95 Å². The van der Waals surface area contributed by atoms with Gasteiger partial charge in [0.25, 0.3) is 0 Å². The van der Waals surface area contributed by atoms with Crippen LogP contribution in [0.1, 0.15) is 25.7 Å². The minimum atomic E-state index is 0.290. The number of nitrogens with one attached hydrogen (secondary N) is 2. The van der Waals surface area contributed by atoms with Crippen molar-refractivity contribution in [3.05, 3.63) is 61.2 Å². The number of imidazole rings is 2. The van der Waals surface area contributed by atoms with Crippen molar-refractivity contribution >= 4 is 28.1 Å². The Balaban J connectivity index is 1.38. The molecule has 6 rings (SSSR count). The van der Waals surface area contributed by atoms with Crippen LogP contribution in [0.3, 0.4) is 0 Å². The summed E-state index contributed by atoms with van der Waals surface area (Å²) in [5, 5.41) is 3.49. The lowest BCUT2D eigenvalue weighted by atomic mass is 9.92. The van der Waals surface area contributed by atoms with Crippen LogP contribution in [0, 0.1) is 0 Å². The van der Waals surface area contributed by atoms with Gasteiger partial charge >= 0.3 is 0 Å². The Morgan fingerprint density at radius 3 is 2.67 bits per heavy atom. The first-order valence-electron chi connectivity index (χ1n) is 11.2. The van der Waals surface area contributed by atoms with Gasteiger partial charge in [0.05, 0.1) is 17.4 Å². The molecule has 0 amide bonds. The first-order valence-corrected chi connectivity index (χ1v) is 11.2. The van der Waals surface area contributed by atoms with E-state index in [1.54, 1.807) is 12.7 Å². The van der Waals surface area contributed by atoms with Crippen molar-refractivity contribution in [2.24, 2.45) is 5.73 Å². The van der Waals surface area contributed by atoms with E-state index < -0.39 is 0 Å². The predicted octanol–water partition coefficient (Wildman–Crippen LogP) is 4.17. The largest absolute Gasteiger partial charge is 0.457 e. The Kier molecular flexibility index (Phi) is 4.88. The summed E-state index contributed by atoms with van der Waals surface area (Å²) < 4.78 is 7.98. The maximum Gasteiger partial charge on any atom is 0.227 e. The van der Waals surface area contributed by atoms with E-state index in [-0.39, 0.29) is 6.04 Å². The first-order chi connectivity index (χ1) is 16.2. The van der Waals surface area contributed by atoms with Crippen molar-refractivity contribution in [1.82, 2.24) is 29.5 Å². The summed E-state index contributed by atoms with van der Waals surface area (Å²) in [4.78, 5) is 21.6. The third kappa shape index (κ3) is 3.87. The minimum Gasteiger partial charge on any atom is -0.457 e. The molecule has 0 atom stereocenters. The van der Waals surface area contributed by atoms with Crippen LogP contribution < -0.4 is 15.8 Å². The molecule has 5 aromatic rings. The van der Waals surface area contributed by atoms with Crippen molar-refractivity contribution < 1.29 is 4.74 Å². The molecule has 9 heteroatoms. The summed E-state index contributed by atoms with van der Waals surface area (Å²) in [5.41, 5.74) is 9.14. The average Bonchev–Trinajstić information content (AvgIpc) is 3.48. The van der Waals surface area contributed by atoms with Gasteiger partial charge in [-0.2, -0.15) is 9.97 Å². The van der Waals surface area contributed by atoms with Crippen molar-refractivity contribution in [2.45, 2.75) is 37.8 Å². The summed E-state index contributed by atoms with van der Waals surface area (Å²) in [7, 11) is 0. The van der Waals surface area contributed by atoms with E-state index in [9.17, 15) is 0 Å². The molecule has 166 valence electrons. The lowest BCUT2D eigenvalue weighted by Crippen LogP contribution is -2.33. The number of ether oxygens (including phenoxy) is 1. The van der Waals surface area contributed by atoms with E-state index in [1.165, 1.54) is 0 Å². The number of aromatic nitrogens is 6. The Labute approximate surface area is 190 Å². The third-order valence-corrected chi connectivity index (χ3v) is 6.10. The molecule has 0 spiro atoms. The number of nitrogens with zero attached hydrogens (tertiary/aromatic N) is 5. The monoisotopic (exact) mass is 440 g/mol. The zero-order chi connectivity index (χ0) is 22.2. The molecule has 33 heavy (non-hydrogen) atoms. The third-order valence-electron chi connectivity index (χ3n) is 6.10. The lowest BCUT2D eigenvalue weighted by molar-refractivity contribution is 0.410. The molecule has 4 N–H and O–H groups in total. The minimum absolute atomic E-state index is 0.290. The fourth-order valence-electron chi connectivity index (χ4n) is 4.35. The van der Waals surface area contributed by atoms with Crippen LogP contribution in [0.15, 0.2) is 61.2 Å². The van der Waals surface area contributed by atoms with Crippen molar-refractivity contribution in [2.75, 3.05) is 5.32 Å². The maximum atomic E-state index is 6.06. The second kappa shape index (κ2) is 8.18. The van der Waals surface area contributed by atoms with Gasteiger partial charge in [-0.1, -0.05) is 18.2 Å². The first kappa shape index (κ1) is 19.7. The summed E-state index contributed by atoms with van der Waals surface area (Å²) in [6.45, 7) is 0. The molecule has 1 saturated carbocycles. The van der Waals surface area contributed by atoms with Crippen LogP contribution in [-0.4, -0.2) is 41.6 Å². The standard InChI is InChI=1S/C24H24N8O/c25-15-6-8-16(9-7-15)29-24-30-22-21(26-13-27-22)23(31-24)32-14-28-19-11-10-18(12-20(19)32)33-17-4-2-1-3-5-17/h1-5,10-16H,6-9,25H2,(H2,26,27,29,30,31). The molecule has 0 saturated heterocycles. The highest BCUT2D eigenvalue weighted by atomic mass is 16.5. The van der Waals surface area contributed by atoms with E-state index in [0.717, 1.165) is 53.7 Å². The molecule has 3 heterocycles. The SMILES string of the molecule is NC1CCC(Nc2nc(-n3cnc4ccc(Oc5ccccc5)cc43)c3[nH]cnc3n2)CC1. The molecular weight excluding hydrogens is 416 g/mol. The highest BCUT2D eigenvalue weighted by molar-refractivity contribution is 5.85. The fourth-order valence-corrected chi connectivity index (χ4v) is 4.35. The van der Waals surface area contributed by atoms with Gasteiger partial charge in [-0.15, -0.1) is 0 Å². The van der Waals surface area contributed by atoms with Crippen LogP contribution in [0.5, 0.6) is 11.5 Å². The van der Waals surface area contributed by atoms with E-state index in [4.69, 9.17) is 15.5 Å². The maximum absolute atomic E-state index is 6.06. The lowest BCUT2D eigenvalue weighted by Gasteiger charge is -2.26. The summed E-state index contributed by atoms with van der Waals surface area (Å²) in [6, 6.07) is 16.1. The Morgan fingerprint density at radius 1 is 0.970 bits per heavy atom. The van der Waals surface area contributed by atoms with Gasteiger partial charge in [-0.3, -0.25) is 4.57 Å². The van der Waals surface area contributed by atoms with Crippen LogP contribution >= 0.6 is 0 Å². The number of H-pyrrole nitrogens is 1. The van der Waals surface area contributed by atoms with E-state index in [0.29, 0.717) is 23.5 Å². The number of aromatic amines is 1. The van der Waals surface area contributed by atoms with E-state index in [1.807, 2.05) is 53.1 Å². The Morgan fingerprint density at radius 2 is 1.82 bits per heavy atom. The van der Waals surface area contributed by atoms with Gasteiger partial charge in [-0.05, 0) is 49.9 Å². The molecule has 0 bridgehead atoms. The second-order valence-electron chi connectivity index (χ2n) is 8.41. The van der Waals surface area contributed by atoms with Gasteiger partial charge in [-0.25, -0.2) is 9.97 Å². The van der Waals surface area contributed by atoms with Crippen molar-refractivity contribution in [3.63, 3.8) is 0 Å². The van der Waals surface area contributed by atoms with E-state index >= 15 is 0 Å². The Bertz CT molecular complexity index is 1400. The highest BCUT2D eigenvalue weighted by Crippen LogP contribution is 2.29. The normalized spacial score (nSPS) is 18.6. The molecular formula is C24H24N8O. The molecule has 0 aliphatic heterocycles. The smallest absolute Gasteiger partial charge is 0.227 e. The van der Waals surface area contributed by atoms with Crippen LogP contribution in [-0.2, 0) is 0 Å². The topological polar surface area (TPSA) is 120 Å². The molecule has 1 aliphatic carbocycles. The summed E-state index contributed by atoms with van der Waals surface area (Å²) >= 11 is 0. The van der Waals surface area contributed by atoms with Crippen LogP contribution in [0.25, 0.3) is 28.0 Å². The van der Waals surface area contributed by atoms with Gasteiger partial charge in [0.2, 0.25) is 5.95 Å². The molecule has 1 fully saturated rings. The number of hydrogen-bond acceptors (Lipinski definition) is 7. The number of rotatable bonds is 5. The second-order valence-corrected chi connectivity index (χ2v) is 8.41. The average molecular weight is 441 g/mol. The van der Waals surface area contributed by atoms with Gasteiger partial charge in [0.1, 0.15) is 23.3 Å². The number of fused-ring (bicyclic) bond motifs is 2. The van der Waals surface area contributed by atoms with Crippen molar-refractivity contribution in [1.29, 1.82) is 0 Å². The summed E-state index contributed by atoms with van der Waals surface area (Å²) in [5.74, 6) is 2.75. The number of para-hydroxylation sites is 1.